The predicted molar refractivity (Wildman–Crippen MR) is 115 cm³/mol. The monoisotopic (exact) mass is 432 g/mol. The van der Waals surface area contributed by atoms with E-state index in [1.54, 1.807) is 17.0 Å². The van der Waals surface area contributed by atoms with Gasteiger partial charge < -0.3 is 24.4 Å². The molecule has 8 nitrogen and oxygen atoms in total. The molecule has 2 heterocycles. The molecular weight excluding hydrogens is 400 g/mol. The quantitative estimate of drug-likeness (QED) is 0.501. The van der Waals surface area contributed by atoms with Crippen molar-refractivity contribution in [3.63, 3.8) is 0 Å². The van der Waals surface area contributed by atoms with Gasteiger partial charge in [-0.1, -0.05) is 6.42 Å². The minimum Gasteiger partial charge on any atom is -0.486 e. The molecule has 170 valence electrons. The fourth-order valence-electron chi connectivity index (χ4n) is 3.65. The van der Waals surface area contributed by atoms with Gasteiger partial charge in [0.1, 0.15) is 18.8 Å². The summed E-state index contributed by atoms with van der Waals surface area (Å²) >= 11 is 0. The highest BCUT2D eigenvalue weighted by atomic mass is 16.6. The highest BCUT2D eigenvalue weighted by Gasteiger charge is 2.35. The summed E-state index contributed by atoms with van der Waals surface area (Å²) in [6.45, 7) is 7.42. The van der Waals surface area contributed by atoms with Crippen LogP contribution in [0.4, 0.5) is 5.69 Å². The molecule has 0 bridgehead atoms. The lowest BCUT2D eigenvalue weighted by Gasteiger charge is -2.22. The van der Waals surface area contributed by atoms with Gasteiger partial charge in [-0.05, 0) is 45.7 Å². The van der Waals surface area contributed by atoms with E-state index >= 15 is 0 Å². The SMILES string of the molecule is CC(C)(C)OC(=O)CCCCCNC(=O)[C@@H]1CC(=O)N(c2ccc3c(c2)OCCO3)C1. The van der Waals surface area contributed by atoms with Crippen LogP contribution in [0.2, 0.25) is 0 Å². The number of fused-ring (bicyclic) bond motifs is 1. The van der Waals surface area contributed by atoms with E-state index in [0.717, 1.165) is 19.3 Å². The summed E-state index contributed by atoms with van der Waals surface area (Å²) in [7, 11) is 0. The fourth-order valence-corrected chi connectivity index (χ4v) is 3.65. The summed E-state index contributed by atoms with van der Waals surface area (Å²) in [4.78, 5) is 38.3. The van der Waals surface area contributed by atoms with Crippen LogP contribution in [-0.2, 0) is 19.1 Å². The maximum atomic E-state index is 12.5. The number of hydrogen-bond donors (Lipinski definition) is 1. The predicted octanol–water partition coefficient (Wildman–Crippen LogP) is 2.83. The Bertz CT molecular complexity index is 817. The maximum Gasteiger partial charge on any atom is 0.306 e. The van der Waals surface area contributed by atoms with E-state index in [0.29, 0.717) is 49.9 Å². The zero-order chi connectivity index (χ0) is 22.4. The first-order chi connectivity index (χ1) is 14.7. The average molecular weight is 433 g/mol. The molecule has 3 rings (SSSR count). The van der Waals surface area contributed by atoms with Crippen LogP contribution >= 0.6 is 0 Å². The zero-order valence-electron chi connectivity index (χ0n) is 18.6. The van der Waals surface area contributed by atoms with Crippen LogP contribution in [0, 0.1) is 5.92 Å². The number of hydrogen-bond acceptors (Lipinski definition) is 6. The van der Waals surface area contributed by atoms with Gasteiger partial charge in [0.15, 0.2) is 11.5 Å². The van der Waals surface area contributed by atoms with Gasteiger partial charge in [-0.3, -0.25) is 14.4 Å². The first-order valence-corrected chi connectivity index (χ1v) is 10.9. The molecule has 2 aliphatic rings. The number of nitrogens with zero attached hydrogens (tertiary/aromatic N) is 1. The smallest absolute Gasteiger partial charge is 0.306 e. The third kappa shape index (κ3) is 6.60. The van der Waals surface area contributed by atoms with E-state index in [4.69, 9.17) is 14.2 Å². The molecule has 2 amide bonds. The lowest BCUT2D eigenvalue weighted by molar-refractivity contribution is -0.155. The summed E-state index contributed by atoms with van der Waals surface area (Å²) in [6, 6.07) is 5.40. The Labute approximate surface area is 183 Å². The second-order valence-corrected chi connectivity index (χ2v) is 8.92. The van der Waals surface area contributed by atoms with Crippen molar-refractivity contribution in [1.82, 2.24) is 5.32 Å². The Balaban J connectivity index is 1.38. The van der Waals surface area contributed by atoms with Crippen molar-refractivity contribution < 1.29 is 28.6 Å². The van der Waals surface area contributed by atoms with Gasteiger partial charge in [-0.25, -0.2) is 0 Å². The highest BCUT2D eigenvalue weighted by Crippen LogP contribution is 2.35. The molecular formula is C23H32N2O6. The molecule has 1 atom stereocenters. The Morgan fingerprint density at radius 2 is 1.87 bits per heavy atom. The lowest BCUT2D eigenvalue weighted by Crippen LogP contribution is -2.33. The van der Waals surface area contributed by atoms with Crippen molar-refractivity contribution in [2.75, 3.05) is 31.2 Å². The molecule has 0 spiro atoms. The first kappa shape index (κ1) is 22.9. The van der Waals surface area contributed by atoms with Gasteiger partial charge in [0, 0.05) is 37.7 Å². The van der Waals surface area contributed by atoms with Gasteiger partial charge in [-0.2, -0.15) is 0 Å². The topological polar surface area (TPSA) is 94.2 Å². The minimum absolute atomic E-state index is 0.0748. The largest absolute Gasteiger partial charge is 0.486 e. The standard InChI is InChI=1S/C23H32N2O6/c1-23(2,3)31-21(27)7-5-4-6-10-24-22(28)16-13-20(26)25(15-16)17-8-9-18-19(14-17)30-12-11-29-18/h8-9,14,16H,4-7,10-13,15H2,1-3H3,(H,24,28)/t16-/m1/s1. The lowest BCUT2D eigenvalue weighted by atomic mass is 10.1. The van der Waals surface area contributed by atoms with Crippen LogP contribution in [0.5, 0.6) is 11.5 Å². The van der Waals surface area contributed by atoms with Gasteiger partial charge in [-0.15, -0.1) is 0 Å². The third-order valence-electron chi connectivity index (χ3n) is 5.11. The molecule has 1 aromatic rings. The van der Waals surface area contributed by atoms with E-state index in [1.807, 2.05) is 26.8 Å². The van der Waals surface area contributed by atoms with Crippen molar-refractivity contribution in [2.45, 2.75) is 58.5 Å². The van der Waals surface area contributed by atoms with E-state index < -0.39 is 5.60 Å². The fraction of sp³-hybridized carbons (Fsp3) is 0.609. The Hall–Kier alpha value is -2.77. The van der Waals surface area contributed by atoms with Crippen molar-refractivity contribution in [2.24, 2.45) is 5.92 Å². The Morgan fingerprint density at radius 1 is 1.13 bits per heavy atom. The first-order valence-electron chi connectivity index (χ1n) is 10.9. The zero-order valence-corrected chi connectivity index (χ0v) is 18.6. The number of unbranched alkanes of at least 4 members (excludes halogenated alkanes) is 2. The Kier molecular flexibility index (Phi) is 7.41. The van der Waals surface area contributed by atoms with Crippen molar-refractivity contribution in [1.29, 1.82) is 0 Å². The summed E-state index contributed by atoms with van der Waals surface area (Å²) in [6.07, 6.45) is 2.91. The van der Waals surface area contributed by atoms with Crippen molar-refractivity contribution in [3.8, 4) is 11.5 Å². The van der Waals surface area contributed by atoms with Gasteiger partial charge in [0.25, 0.3) is 0 Å². The van der Waals surface area contributed by atoms with Crippen LogP contribution in [0.1, 0.15) is 52.9 Å². The Morgan fingerprint density at radius 3 is 2.61 bits per heavy atom. The number of nitrogens with one attached hydrogen (secondary N) is 1. The number of ether oxygens (including phenoxy) is 3. The van der Waals surface area contributed by atoms with Crippen molar-refractivity contribution >= 4 is 23.5 Å². The molecule has 0 unspecified atom stereocenters. The molecule has 8 heteroatoms. The second kappa shape index (κ2) is 10.0. The van der Waals surface area contributed by atoms with Crippen LogP contribution < -0.4 is 19.7 Å². The molecule has 31 heavy (non-hydrogen) atoms. The normalized spacial score (nSPS) is 18.1. The molecule has 1 saturated heterocycles. The van der Waals surface area contributed by atoms with Crippen LogP contribution in [0.3, 0.4) is 0 Å². The number of esters is 1. The number of rotatable bonds is 8. The summed E-state index contributed by atoms with van der Waals surface area (Å²) in [5.74, 6) is 0.538. The van der Waals surface area contributed by atoms with Crippen molar-refractivity contribution in [3.05, 3.63) is 18.2 Å². The number of benzene rings is 1. The molecule has 1 fully saturated rings. The molecule has 0 radical (unpaired) electrons. The third-order valence-corrected chi connectivity index (χ3v) is 5.11. The number of carbonyl (C=O) groups excluding carboxylic acids is 3. The van der Waals surface area contributed by atoms with Crippen LogP contribution in [0.25, 0.3) is 0 Å². The highest BCUT2D eigenvalue weighted by molar-refractivity contribution is 6.00. The average Bonchev–Trinajstić information content (AvgIpc) is 3.10. The second-order valence-electron chi connectivity index (χ2n) is 8.92. The summed E-state index contributed by atoms with van der Waals surface area (Å²) in [5.41, 5.74) is 0.254. The number of carbonyl (C=O) groups is 3. The summed E-state index contributed by atoms with van der Waals surface area (Å²) < 4.78 is 16.4. The molecule has 0 aromatic heterocycles. The molecule has 0 aliphatic carbocycles. The molecule has 1 N–H and O–H groups in total. The molecule has 0 saturated carbocycles. The van der Waals surface area contributed by atoms with Crippen LogP contribution in [-0.4, -0.2) is 49.7 Å². The van der Waals surface area contributed by atoms with Crippen LogP contribution in [0.15, 0.2) is 18.2 Å². The molecule has 1 aromatic carbocycles. The number of amides is 2. The van der Waals surface area contributed by atoms with Gasteiger partial charge in [0.2, 0.25) is 11.8 Å². The molecule has 2 aliphatic heterocycles. The van der Waals surface area contributed by atoms with Gasteiger partial charge in [0.05, 0.1) is 5.92 Å². The number of anilines is 1. The van der Waals surface area contributed by atoms with E-state index in [1.165, 1.54) is 0 Å². The van der Waals surface area contributed by atoms with E-state index in [9.17, 15) is 14.4 Å². The van der Waals surface area contributed by atoms with Gasteiger partial charge >= 0.3 is 5.97 Å². The van der Waals surface area contributed by atoms with E-state index in [-0.39, 0.29) is 30.1 Å². The summed E-state index contributed by atoms with van der Waals surface area (Å²) in [5, 5.41) is 2.91. The van der Waals surface area contributed by atoms with E-state index in [2.05, 4.69) is 5.32 Å². The minimum atomic E-state index is -0.461. The maximum absolute atomic E-state index is 12.5.